The van der Waals surface area contributed by atoms with Crippen molar-refractivity contribution >= 4 is 19.9 Å². The summed E-state index contributed by atoms with van der Waals surface area (Å²) < 4.78 is 73.8. The van der Waals surface area contributed by atoms with E-state index in [2.05, 4.69) is 4.74 Å². The Morgan fingerprint density at radius 2 is 1.81 bits per heavy atom. The van der Waals surface area contributed by atoms with Gasteiger partial charge in [-0.3, -0.25) is 23.7 Å². The van der Waals surface area contributed by atoms with Crippen molar-refractivity contribution in [3.8, 4) is 0 Å². The highest BCUT2D eigenvalue weighted by Gasteiger charge is 2.63. The van der Waals surface area contributed by atoms with Crippen LogP contribution in [-0.2, 0) is 51.4 Å². The molecule has 3 aliphatic rings. The third-order valence-corrected chi connectivity index (χ3v) is 8.40. The van der Waals surface area contributed by atoms with E-state index in [0.29, 0.717) is 17.8 Å². The summed E-state index contributed by atoms with van der Waals surface area (Å²) in [6.07, 6.45) is -4.66. The zero-order valence-electron chi connectivity index (χ0n) is 23.1. The molecule has 3 N–H and O–H groups in total. The van der Waals surface area contributed by atoms with Gasteiger partial charge in [0.15, 0.2) is 17.9 Å². The van der Waals surface area contributed by atoms with E-state index >= 15 is 0 Å². The lowest BCUT2D eigenvalue weighted by Crippen LogP contribution is -2.53. The first-order valence-electron chi connectivity index (χ1n) is 12.9. The fourth-order valence-corrected chi connectivity index (χ4v) is 5.15. The normalized spacial score (nSPS) is 29.6. The molecule has 0 spiro atoms. The summed E-state index contributed by atoms with van der Waals surface area (Å²) in [7, 11) is -4.90. The highest BCUT2D eigenvalue weighted by atomic mass is 31.2. The number of aromatic amines is 1. The number of phosphoric acid groups is 1. The molecule has 0 amide bonds. The molecule has 1 aromatic heterocycles. The molecule has 242 valence electrons. The Labute approximate surface area is 242 Å². The van der Waals surface area contributed by atoms with E-state index in [9.17, 15) is 38.3 Å². The first-order chi connectivity index (χ1) is 20.3. The maximum Gasteiger partial charge on any atom is 0.510 e. The molecule has 4 heterocycles. The molecule has 3 saturated heterocycles. The molecular weight excluding hydrogens is 610 g/mol. The van der Waals surface area contributed by atoms with Gasteiger partial charge < -0.3 is 38.6 Å². The van der Waals surface area contributed by atoms with Crippen LogP contribution in [0.3, 0.4) is 0 Å². The molecule has 1 aromatic rings. The molecule has 20 heteroatoms. The van der Waals surface area contributed by atoms with Gasteiger partial charge in [-0.05, 0) is 6.92 Å². The summed E-state index contributed by atoms with van der Waals surface area (Å²) in [5, 5.41) is 21.8. The summed E-state index contributed by atoms with van der Waals surface area (Å²) in [5.41, 5.74) is -6.62. The molecule has 3 fully saturated rings. The van der Waals surface area contributed by atoms with Crippen LogP contribution in [0.2, 0.25) is 0 Å². The molecule has 2 unspecified atom stereocenters. The summed E-state index contributed by atoms with van der Waals surface area (Å²) >= 11 is 0. The molecule has 4 rings (SSSR count). The maximum atomic E-state index is 14.5. The zero-order valence-corrected chi connectivity index (χ0v) is 24.0. The van der Waals surface area contributed by atoms with Gasteiger partial charge in [0.2, 0.25) is 13.6 Å². The van der Waals surface area contributed by atoms with Crippen LogP contribution in [0.1, 0.15) is 20.1 Å². The van der Waals surface area contributed by atoms with Gasteiger partial charge >= 0.3 is 25.6 Å². The molecule has 43 heavy (non-hydrogen) atoms. The highest BCUT2D eigenvalue weighted by molar-refractivity contribution is 7.48. The molecule has 18 nitrogen and oxygen atoms in total. The number of carbonyl (C=O) groups excluding carboxylic acids is 2. The number of esters is 1. The van der Waals surface area contributed by atoms with Crippen molar-refractivity contribution in [1.82, 2.24) is 9.55 Å². The molecule has 6 atom stereocenters. The van der Waals surface area contributed by atoms with Crippen molar-refractivity contribution in [3.63, 3.8) is 0 Å². The van der Waals surface area contributed by atoms with E-state index in [0.717, 1.165) is 19.2 Å². The van der Waals surface area contributed by atoms with E-state index in [1.54, 1.807) is 6.92 Å². The SMILES string of the molecule is CC(C(=O)OCOP(=O)(OCOC(=O)OC1COC1)OC[C@@]1(CF)O[C@@H](n2ccc(=O)[nH]c2=O)[C@](C)(O)[C@@H]1O)C1COC1. The molecule has 0 bridgehead atoms. The molecular formula is C23H32FN2O16P. The monoisotopic (exact) mass is 642 g/mol. The average molecular weight is 642 g/mol. The summed E-state index contributed by atoms with van der Waals surface area (Å²) in [5.74, 6) is -1.39. The van der Waals surface area contributed by atoms with Crippen LogP contribution in [0.4, 0.5) is 9.18 Å². The smallest absolute Gasteiger partial charge is 0.438 e. The number of ether oxygens (including phenoxy) is 6. The van der Waals surface area contributed by atoms with Crippen LogP contribution < -0.4 is 11.2 Å². The number of phosphoric ester groups is 1. The van der Waals surface area contributed by atoms with E-state index in [1.807, 2.05) is 4.98 Å². The number of aromatic nitrogens is 2. The van der Waals surface area contributed by atoms with E-state index in [1.165, 1.54) is 0 Å². The Bertz CT molecular complexity index is 1310. The summed E-state index contributed by atoms with van der Waals surface area (Å²) in [6.45, 7) is -1.08. The minimum absolute atomic E-state index is 0.0895. The predicted molar refractivity (Wildman–Crippen MR) is 134 cm³/mol. The maximum absolute atomic E-state index is 14.5. The van der Waals surface area contributed by atoms with Crippen molar-refractivity contribution in [2.45, 2.75) is 43.5 Å². The quantitative estimate of drug-likeness (QED) is 0.130. The number of H-pyrrole nitrogens is 1. The number of hydrogen-bond acceptors (Lipinski definition) is 16. The van der Waals surface area contributed by atoms with Gasteiger partial charge in [0, 0.05) is 18.2 Å². The number of aliphatic hydroxyl groups is 2. The lowest BCUT2D eigenvalue weighted by atomic mass is 9.88. The van der Waals surface area contributed by atoms with E-state index < -0.39 is 93.6 Å². The summed E-state index contributed by atoms with van der Waals surface area (Å²) in [6, 6.07) is 0.929. The van der Waals surface area contributed by atoms with Crippen molar-refractivity contribution in [3.05, 3.63) is 33.1 Å². The third kappa shape index (κ3) is 7.50. The standard InChI is InChI=1S/C23H32FN2O16P/c1-13(14-5-34-6-14)17(28)36-11-39-43(33,40-12-37-21(31)41-15-7-35-8-15)38-10-23(9-24)18(29)22(2,32)19(42-23)26-4-3-16(27)25-20(26)30/h3-4,13-15,18-19,29,32H,5-12H2,1-2H3,(H,25,27,30)/t13?,18-,19+,22+,23+,43?/m0/s1. The number of aliphatic hydroxyl groups excluding tert-OH is 1. The van der Waals surface area contributed by atoms with Crippen molar-refractivity contribution in [2.24, 2.45) is 11.8 Å². The average Bonchev–Trinajstić information content (AvgIpc) is 3.09. The van der Waals surface area contributed by atoms with Crippen LogP contribution >= 0.6 is 7.82 Å². The van der Waals surface area contributed by atoms with Crippen molar-refractivity contribution in [1.29, 1.82) is 0 Å². The van der Waals surface area contributed by atoms with Crippen molar-refractivity contribution < 1.29 is 70.8 Å². The van der Waals surface area contributed by atoms with Crippen molar-refractivity contribution in [2.75, 3.05) is 53.3 Å². The van der Waals surface area contributed by atoms with E-state index in [4.69, 9.17) is 37.3 Å². The van der Waals surface area contributed by atoms with E-state index in [-0.39, 0.29) is 19.1 Å². The van der Waals surface area contributed by atoms with Gasteiger partial charge in [-0.25, -0.2) is 27.6 Å². The summed E-state index contributed by atoms with van der Waals surface area (Å²) in [4.78, 5) is 49.8. The molecule has 0 aromatic carbocycles. The first kappa shape index (κ1) is 33.2. The zero-order chi connectivity index (χ0) is 31.4. The van der Waals surface area contributed by atoms with Gasteiger partial charge in [0.25, 0.3) is 5.56 Å². The van der Waals surface area contributed by atoms with Crippen LogP contribution in [0.25, 0.3) is 0 Å². The van der Waals surface area contributed by atoms with Crippen LogP contribution in [0.5, 0.6) is 0 Å². The van der Waals surface area contributed by atoms with Gasteiger partial charge in [0.05, 0.1) is 39.0 Å². The molecule has 0 radical (unpaired) electrons. The minimum atomic E-state index is -4.90. The van der Waals surface area contributed by atoms with Crippen LogP contribution in [0, 0.1) is 11.8 Å². The lowest BCUT2D eigenvalue weighted by molar-refractivity contribution is -0.166. The number of alkyl halides is 1. The molecule has 0 aliphatic carbocycles. The number of hydrogen-bond donors (Lipinski definition) is 3. The molecule has 3 aliphatic heterocycles. The number of halogens is 1. The second-order valence-corrected chi connectivity index (χ2v) is 11.9. The number of rotatable bonds is 14. The molecule has 0 saturated carbocycles. The first-order valence-corrected chi connectivity index (χ1v) is 14.4. The Morgan fingerprint density at radius 1 is 1.16 bits per heavy atom. The Hall–Kier alpha value is -2.74. The van der Waals surface area contributed by atoms with Crippen LogP contribution in [-0.4, -0.2) is 109 Å². The highest BCUT2D eigenvalue weighted by Crippen LogP contribution is 2.52. The topological polar surface area (TPSA) is 230 Å². The second kappa shape index (κ2) is 13.5. The number of nitrogens with one attached hydrogen (secondary N) is 1. The Kier molecular flexibility index (Phi) is 10.4. The Balaban J connectivity index is 1.44. The fraction of sp³-hybridized carbons (Fsp3) is 0.739. The van der Waals surface area contributed by atoms with Gasteiger partial charge in [-0.1, -0.05) is 6.92 Å². The predicted octanol–water partition coefficient (Wildman–Crippen LogP) is -0.664. The van der Waals surface area contributed by atoms with Gasteiger partial charge in [-0.2, -0.15) is 0 Å². The fourth-order valence-electron chi connectivity index (χ4n) is 4.19. The third-order valence-electron chi connectivity index (χ3n) is 7.11. The number of carbonyl (C=O) groups is 2. The lowest BCUT2D eigenvalue weighted by Gasteiger charge is -2.31. The van der Waals surface area contributed by atoms with Gasteiger partial charge in [0.1, 0.15) is 18.4 Å². The number of nitrogens with zero attached hydrogens (tertiary/aromatic N) is 1. The largest absolute Gasteiger partial charge is 0.510 e. The Morgan fingerprint density at radius 3 is 2.37 bits per heavy atom. The van der Waals surface area contributed by atoms with Gasteiger partial charge in [-0.15, -0.1) is 0 Å². The minimum Gasteiger partial charge on any atom is -0.438 e. The second-order valence-electron chi connectivity index (χ2n) is 10.3. The van der Waals surface area contributed by atoms with Crippen LogP contribution in [0.15, 0.2) is 21.9 Å².